The molecule has 1 unspecified atom stereocenters. The smallest absolute Gasteiger partial charge is 0.300 e. The SMILES string of the molecule is CCN(CC)c1ccc(C2/C(=C(\O)c3ccc(F)cc3)C(=O)C(=O)N2c2cc(F)ccc2F)cc1. The first-order chi connectivity index (χ1) is 16.8. The van der Waals surface area contributed by atoms with Gasteiger partial charge in [-0.2, -0.15) is 0 Å². The van der Waals surface area contributed by atoms with Crippen LogP contribution < -0.4 is 9.80 Å². The molecule has 1 amide bonds. The number of benzene rings is 3. The number of anilines is 2. The molecule has 35 heavy (non-hydrogen) atoms. The summed E-state index contributed by atoms with van der Waals surface area (Å²) in [4.78, 5) is 29.1. The Bertz CT molecular complexity index is 1300. The average Bonchev–Trinajstić information content (AvgIpc) is 3.12. The van der Waals surface area contributed by atoms with E-state index in [0.717, 1.165) is 54.0 Å². The van der Waals surface area contributed by atoms with Crippen molar-refractivity contribution in [1.29, 1.82) is 0 Å². The molecule has 4 rings (SSSR count). The molecule has 180 valence electrons. The van der Waals surface area contributed by atoms with Crippen LogP contribution in [0.4, 0.5) is 24.5 Å². The van der Waals surface area contributed by atoms with Crippen LogP contribution in [-0.2, 0) is 9.59 Å². The second-order valence-corrected chi connectivity index (χ2v) is 8.04. The third-order valence-electron chi connectivity index (χ3n) is 6.07. The standard InChI is InChI=1S/C27H23F3N2O3/c1-3-31(4-2)20-12-7-16(8-13-20)24-23(25(33)17-5-9-18(28)10-6-17)26(34)27(35)32(24)22-15-19(29)11-14-21(22)30/h5-15,24,33H,3-4H2,1-2H3/b25-23+. The minimum Gasteiger partial charge on any atom is -0.507 e. The lowest BCUT2D eigenvalue weighted by atomic mass is 9.94. The Morgan fingerprint density at radius 2 is 1.49 bits per heavy atom. The number of ketones is 1. The van der Waals surface area contributed by atoms with Crippen molar-refractivity contribution < 1.29 is 27.9 Å². The van der Waals surface area contributed by atoms with E-state index in [2.05, 4.69) is 4.90 Å². The molecule has 0 aliphatic carbocycles. The largest absolute Gasteiger partial charge is 0.507 e. The third-order valence-corrected chi connectivity index (χ3v) is 6.07. The van der Waals surface area contributed by atoms with Gasteiger partial charge in [0.2, 0.25) is 0 Å². The Morgan fingerprint density at radius 3 is 2.09 bits per heavy atom. The highest BCUT2D eigenvalue weighted by atomic mass is 19.1. The highest BCUT2D eigenvalue weighted by Gasteiger charge is 2.47. The molecule has 8 heteroatoms. The highest BCUT2D eigenvalue weighted by Crippen LogP contribution is 2.43. The van der Waals surface area contributed by atoms with Gasteiger partial charge in [0.25, 0.3) is 11.7 Å². The van der Waals surface area contributed by atoms with Crippen LogP contribution in [0.25, 0.3) is 5.76 Å². The molecule has 0 radical (unpaired) electrons. The fraction of sp³-hybridized carbons (Fsp3) is 0.185. The first-order valence-corrected chi connectivity index (χ1v) is 11.1. The van der Waals surface area contributed by atoms with Crippen LogP contribution in [-0.4, -0.2) is 29.9 Å². The molecule has 1 atom stereocenters. The quantitative estimate of drug-likeness (QED) is 0.284. The Balaban J connectivity index is 1.93. The molecular weight excluding hydrogens is 457 g/mol. The monoisotopic (exact) mass is 480 g/mol. The summed E-state index contributed by atoms with van der Waals surface area (Å²) in [5, 5.41) is 11.0. The number of Topliss-reactive ketones (excluding diaryl/α,β-unsaturated/α-hetero) is 1. The number of halogens is 3. The Morgan fingerprint density at radius 1 is 0.886 bits per heavy atom. The lowest BCUT2D eigenvalue weighted by Gasteiger charge is -2.27. The van der Waals surface area contributed by atoms with Gasteiger partial charge in [0.1, 0.15) is 23.2 Å². The van der Waals surface area contributed by atoms with E-state index in [0.29, 0.717) is 5.56 Å². The summed E-state index contributed by atoms with van der Waals surface area (Å²) in [6.07, 6.45) is 0. The molecule has 1 saturated heterocycles. The molecule has 0 aromatic heterocycles. The van der Waals surface area contributed by atoms with Crippen LogP contribution >= 0.6 is 0 Å². The molecule has 1 N–H and O–H groups in total. The van der Waals surface area contributed by atoms with Gasteiger partial charge in [-0.1, -0.05) is 12.1 Å². The number of aliphatic hydroxyl groups is 1. The predicted molar refractivity (Wildman–Crippen MR) is 128 cm³/mol. The van der Waals surface area contributed by atoms with Gasteiger partial charge in [-0.3, -0.25) is 14.5 Å². The number of amides is 1. The minimum atomic E-state index is -1.23. The maximum atomic E-state index is 14.8. The zero-order valence-electron chi connectivity index (χ0n) is 19.1. The molecule has 0 spiro atoms. The fourth-order valence-corrected chi connectivity index (χ4v) is 4.29. The molecule has 1 aliphatic heterocycles. The third kappa shape index (κ3) is 4.39. The van der Waals surface area contributed by atoms with Gasteiger partial charge in [0, 0.05) is 30.4 Å². The number of rotatable bonds is 6. The van der Waals surface area contributed by atoms with Crippen LogP contribution in [0.2, 0.25) is 0 Å². The summed E-state index contributed by atoms with van der Waals surface area (Å²) >= 11 is 0. The first-order valence-electron chi connectivity index (χ1n) is 11.1. The van der Waals surface area contributed by atoms with Crippen molar-refractivity contribution >= 4 is 28.8 Å². The number of hydrogen-bond donors (Lipinski definition) is 1. The number of hydrogen-bond acceptors (Lipinski definition) is 4. The van der Waals surface area contributed by atoms with Gasteiger partial charge >= 0.3 is 0 Å². The maximum absolute atomic E-state index is 14.8. The zero-order chi connectivity index (χ0) is 25.3. The fourth-order valence-electron chi connectivity index (χ4n) is 4.29. The van der Waals surface area contributed by atoms with Crippen molar-refractivity contribution in [2.45, 2.75) is 19.9 Å². The topological polar surface area (TPSA) is 60.9 Å². The molecule has 0 bridgehead atoms. The van der Waals surface area contributed by atoms with Gasteiger partial charge in [-0.15, -0.1) is 0 Å². The summed E-state index contributed by atoms with van der Waals surface area (Å²) in [5.41, 5.74) is 0.677. The summed E-state index contributed by atoms with van der Waals surface area (Å²) in [6.45, 7) is 5.52. The van der Waals surface area contributed by atoms with Crippen LogP contribution in [0.5, 0.6) is 0 Å². The lowest BCUT2D eigenvalue weighted by molar-refractivity contribution is -0.132. The zero-order valence-corrected chi connectivity index (χ0v) is 19.1. The van der Waals surface area contributed by atoms with Crippen molar-refractivity contribution in [3.05, 3.63) is 101 Å². The van der Waals surface area contributed by atoms with Crippen LogP contribution in [0.3, 0.4) is 0 Å². The lowest BCUT2D eigenvalue weighted by Crippen LogP contribution is -2.30. The highest BCUT2D eigenvalue weighted by molar-refractivity contribution is 6.51. The second-order valence-electron chi connectivity index (χ2n) is 8.04. The summed E-state index contributed by atoms with van der Waals surface area (Å²) in [6, 6.07) is 13.0. The van der Waals surface area contributed by atoms with Crippen molar-refractivity contribution in [2.75, 3.05) is 22.9 Å². The van der Waals surface area contributed by atoms with E-state index in [1.165, 1.54) is 12.1 Å². The van der Waals surface area contributed by atoms with Crippen molar-refractivity contribution in [1.82, 2.24) is 0 Å². The minimum absolute atomic E-state index is 0.105. The van der Waals surface area contributed by atoms with E-state index in [4.69, 9.17) is 0 Å². The molecule has 5 nitrogen and oxygen atoms in total. The Kier molecular flexibility index (Phi) is 6.64. The van der Waals surface area contributed by atoms with Crippen molar-refractivity contribution in [2.24, 2.45) is 0 Å². The number of aliphatic hydroxyl groups excluding tert-OH is 1. The Labute approximate surface area is 200 Å². The number of carbonyl (C=O) groups is 2. The average molecular weight is 480 g/mol. The Hall–Kier alpha value is -4.07. The van der Waals surface area contributed by atoms with E-state index in [-0.39, 0.29) is 11.1 Å². The maximum Gasteiger partial charge on any atom is 0.300 e. The van der Waals surface area contributed by atoms with Gasteiger partial charge < -0.3 is 10.0 Å². The van der Waals surface area contributed by atoms with Crippen LogP contribution in [0, 0.1) is 17.5 Å². The van der Waals surface area contributed by atoms with Gasteiger partial charge in [-0.25, -0.2) is 13.2 Å². The number of carbonyl (C=O) groups excluding carboxylic acids is 2. The normalized spacial score (nSPS) is 17.2. The van der Waals surface area contributed by atoms with E-state index in [1.807, 2.05) is 13.8 Å². The summed E-state index contributed by atoms with van der Waals surface area (Å²) in [5.74, 6) is -4.96. The second kappa shape index (κ2) is 9.66. The molecular formula is C27H23F3N2O3. The molecule has 3 aromatic rings. The molecule has 1 heterocycles. The molecule has 1 fully saturated rings. The molecule has 1 aliphatic rings. The summed E-state index contributed by atoms with van der Waals surface area (Å²) in [7, 11) is 0. The van der Waals surface area contributed by atoms with Gasteiger partial charge in [-0.05, 0) is 67.9 Å². The number of nitrogens with zero attached hydrogens (tertiary/aromatic N) is 2. The van der Waals surface area contributed by atoms with E-state index < -0.39 is 46.6 Å². The van der Waals surface area contributed by atoms with Crippen LogP contribution in [0.1, 0.15) is 31.0 Å². The van der Waals surface area contributed by atoms with Crippen molar-refractivity contribution in [3.8, 4) is 0 Å². The van der Waals surface area contributed by atoms with Crippen LogP contribution in [0.15, 0.2) is 72.3 Å². The van der Waals surface area contributed by atoms with E-state index in [1.54, 1.807) is 24.3 Å². The molecule has 3 aromatic carbocycles. The van der Waals surface area contributed by atoms with Gasteiger partial charge in [0.05, 0.1) is 17.3 Å². The van der Waals surface area contributed by atoms with E-state index >= 15 is 0 Å². The predicted octanol–water partition coefficient (Wildman–Crippen LogP) is 5.58. The first kappa shape index (κ1) is 24.1. The summed E-state index contributed by atoms with van der Waals surface area (Å²) < 4.78 is 42.2. The molecule has 0 saturated carbocycles. The van der Waals surface area contributed by atoms with Crippen molar-refractivity contribution in [3.63, 3.8) is 0 Å². The van der Waals surface area contributed by atoms with E-state index in [9.17, 15) is 27.9 Å². The van der Waals surface area contributed by atoms with Gasteiger partial charge in [0.15, 0.2) is 0 Å².